The SMILES string of the molecule is C#CCNS(=O)(=O)c1cccc(C(=O)N2CCC(c3nc4ccccc4[nH]3)CC2)c1. The van der Waals surface area contributed by atoms with Crippen molar-refractivity contribution in [2.45, 2.75) is 23.7 Å². The van der Waals surface area contributed by atoms with Crippen molar-refractivity contribution in [3.8, 4) is 12.3 Å². The Kier molecular flexibility index (Phi) is 5.57. The third-order valence-corrected chi connectivity index (χ3v) is 6.73. The van der Waals surface area contributed by atoms with Gasteiger partial charge in [0.25, 0.3) is 5.91 Å². The smallest absolute Gasteiger partial charge is 0.253 e. The van der Waals surface area contributed by atoms with Crippen molar-refractivity contribution < 1.29 is 13.2 Å². The lowest BCUT2D eigenvalue weighted by Gasteiger charge is -2.31. The van der Waals surface area contributed by atoms with Crippen LogP contribution in [0.3, 0.4) is 0 Å². The first-order valence-corrected chi connectivity index (χ1v) is 11.2. The van der Waals surface area contributed by atoms with Gasteiger partial charge in [0, 0.05) is 24.6 Å². The molecule has 2 heterocycles. The Labute approximate surface area is 175 Å². The van der Waals surface area contributed by atoms with E-state index in [4.69, 9.17) is 6.42 Å². The van der Waals surface area contributed by atoms with Crippen molar-refractivity contribution in [1.82, 2.24) is 19.6 Å². The molecular formula is C22H22N4O3S. The van der Waals surface area contributed by atoms with Crippen molar-refractivity contribution in [1.29, 1.82) is 0 Å². The van der Waals surface area contributed by atoms with Crippen molar-refractivity contribution in [2.24, 2.45) is 0 Å². The van der Waals surface area contributed by atoms with Crippen LogP contribution in [0.25, 0.3) is 11.0 Å². The number of benzene rings is 2. The van der Waals surface area contributed by atoms with E-state index in [0.29, 0.717) is 18.7 Å². The van der Waals surface area contributed by atoms with Gasteiger partial charge in [0.05, 0.1) is 22.5 Å². The molecule has 8 heteroatoms. The Bertz CT molecular complexity index is 1190. The van der Waals surface area contributed by atoms with E-state index in [1.165, 1.54) is 12.1 Å². The molecule has 30 heavy (non-hydrogen) atoms. The van der Waals surface area contributed by atoms with Crippen LogP contribution in [0.15, 0.2) is 53.4 Å². The molecule has 0 saturated carbocycles. The number of sulfonamides is 1. The lowest BCUT2D eigenvalue weighted by Crippen LogP contribution is -2.38. The zero-order valence-corrected chi connectivity index (χ0v) is 17.2. The summed E-state index contributed by atoms with van der Waals surface area (Å²) < 4.78 is 26.9. The van der Waals surface area contributed by atoms with E-state index in [9.17, 15) is 13.2 Å². The van der Waals surface area contributed by atoms with E-state index in [-0.39, 0.29) is 23.3 Å². The summed E-state index contributed by atoms with van der Waals surface area (Å²) in [5.41, 5.74) is 2.31. The third-order valence-electron chi connectivity index (χ3n) is 5.33. The zero-order chi connectivity index (χ0) is 21.1. The normalized spacial score (nSPS) is 15.2. The number of aromatic nitrogens is 2. The topological polar surface area (TPSA) is 95.2 Å². The second-order valence-corrected chi connectivity index (χ2v) is 9.03. The first-order chi connectivity index (χ1) is 14.5. The predicted molar refractivity (Wildman–Crippen MR) is 114 cm³/mol. The first kappa shape index (κ1) is 20.1. The summed E-state index contributed by atoms with van der Waals surface area (Å²) in [5.74, 6) is 3.28. The molecule has 1 amide bonds. The van der Waals surface area contributed by atoms with Gasteiger partial charge in [-0.2, -0.15) is 4.72 Å². The van der Waals surface area contributed by atoms with Gasteiger partial charge in [0.2, 0.25) is 10.0 Å². The molecule has 0 spiro atoms. The molecule has 0 radical (unpaired) electrons. The minimum atomic E-state index is -3.74. The number of rotatable bonds is 5. The maximum absolute atomic E-state index is 12.9. The first-order valence-electron chi connectivity index (χ1n) is 9.75. The molecule has 1 saturated heterocycles. The Morgan fingerprint density at radius 1 is 1.20 bits per heavy atom. The summed E-state index contributed by atoms with van der Waals surface area (Å²) in [7, 11) is -3.74. The predicted octanol–water partition coefficient (Wildman–Crippen LogP) is 2.49. The van der Waals surface area contributed by atoms with E-state index < -0.39 is 10.0 Å². The molecule has 1 aliphatic heterocycles. The molecule has 2 N–H and O–H groups in total. The number of amides is 1. The summed E-state index contributed by atoms with van der Waals surface area (Å²) in [6.07, 6.45) is 6.72. The van der Waals surface area contributed by atoms with Crippen molar-refractivity contribution in [2.75, 3.05) is 19.6 Å². The van der Waals surface area contributed by atoms with E-state index in [1.807, 2.05) is 24.3 Å². The molecule has 154 valence electrons. The van der Waals surface area contributed by atoms with Crippen LogP contribution in [0.5, 0.6) is 0 Å². The van der Waals surface area contributed by atoms with Gasteiger partial charge in [-0.15, -0.1) is 6.42 Å². The Hall–Kier alpha value is -3.15. The van der Waals surface area contributed by atoms with Gasteiger partial charge < -0.3 is 9.88 Å². The highest BCUT2D eigenvalue weighted by Gasteiger charge is 2.27. The summed E-state index contributed by atoms with van der Waals surface area (Å²) in [5, 5.41) is 0. The zero-order valence-electron chi connectivity index (χ0n) is 16.3. The van der Waals surface area contributed by atoms with E-state index in [0.717, 1.165) is 29.7 Å². The summed E-state index contributed by atoms with van der Waals surface area (Å²) >= 11 is 0. The lowest BCUT2D eigenvalue weighted by atomic mass is 9.95. The van der Waals surface area contributed by atoms with E-state index in [2.05, 4.69) is 20.6 Å². The Balaban J connectivity index is 1.44. The number of carbonyl (C=O) groups excluding carboxylic acids is 1. The van der Waals surface area contributed by atoms with Crippen LogP contribution in [0.1, 0.15) is 34.9 Å². The largest absolute Gasteiger partial charge is 0.342 e. The highest BCUT2D eigenvalue weighted by Crippen LogP contribution is 2.28. The van der Waals surface area contributed by atoms with Crippen LogP contribution in [-0.2, 0) is 10.0 Å². The number of terminal acetylenes is 1. The number of hydrogen-bond acceptors (Lipinski definition) is 4. The molecular weight excluding hydrogens is 400 g/mol. The molecule has 7 nitrogen and oxygen atoms in total. The molecule has 0 atom stereocenters. The van der Waals surface area contributed by atoms with Crippen molar-refractivity contribution >= 4 is 27.0 Å². The van der Waals surface area contributed by atoms with Crippen LogP contribution >= 0.6 is 0 Å². The van der Waals surface area contributed by atoms with Gasteiger partial charge in [-0.1, -0.05) is 24.1 Å². The van der Waals surface area contributed by atoms with E-state index in [1.54, 1.807) is 17.0 Å². The maximum Gasteiger partial charge on any atom is 0.253 e. The number of imidazole rings is 1. The number of nitrogens with one attached hydrogen (secondary N) is 2. The molecule has 0 bridgehead atoms. The second-order valence-electron chi connectivity index (χ2n) is 7.26. The maximum atomic E-state index is 12.9. The summed E-state index contributed by atoms with van der Waals surface area (Å²) in [6, 6.07) is 14.0. The van der Waals surface area contributed by atoms with Crippen molar-refractivity contribution in [3.05, 3.63) is 59.9 Å². The fourth-order valence-corrected chi connectivity index (χ4v) is 4.70. The third kappa shape index (κ3) is 4.08. The van der Waals surface area contributed by atoms with Gasteiger partial charge in [-0.25, -0.2) is 13.4 Å². The Morgan fingerprint density at radius 2 is 1.97 bits per heavy atom. The van der Waals surface area contributed by atoms with Crippen LogP contribution in [0, 0.1) is 12.3 Å². The monoisotopic (exact) mass is 422 g/mol. The summed E-state index contributed by atoms with van der Waals surface area (Å²) in [4.78, 5) is 22.8. The van der Waals surface area contributed by atoms with Crippen LogP contribution in [0.2, 0.25) is 0 Å². The highest BCUT2D eigenvalue weighted by atomic mass is 32.2. The fourth-order valence-electron chi connectivity index (χ4n) is 3.72. The van der Waals surface area contributed by atoms with Crippen LogP contribution < -0.4 is 4.72 Å². The lowest BCUT2D eigenvalue weighted by molar-refractivity contribution is 0.0711. The standard InChI is InChI=1S/C22H22N4O3S/c1-2-12-23-30(28,29)18-7-5-6-17(15-18)22(27)26-13-10-16(11-14-26)21-24-19-8-3-4-9-20(19)25-21/h1,3-9,15-16,23H,10-14H2,(H,24,25). The van der Waals surface area contributed by atoms with Gasteiger partial charge in [-0.3, -0.25) is 4.79 Å². The molecule has 0 unspecified atom stereocenters. The number of fused-ring (bicyclic) bond motifs is 1. The average molecular weight is 423 g/mol. The van der Waals surface area contributed by atoms with Gasteiger partial charge >= 0.3 is 0 Å². The summed E-state index contributed by atoms with van der Waals surface area (Å²) in [6.45, 7) is 1.08. The second kappa shape index (κ2) is 8.30. The minimum absolute atomic E-state index is 0.0285. The number of piperidine rings is 1. The molecule has 1 fully saturated rings. The molecule has 4 rings (SSSR count). The van der Waals surface area contributed by atoms with E-state index >= 15 is 0 Å². The van der Waals surface area contributed by atoms with Crippen molar-refractivity contribution in [3.63, 3.8) is 0 Å². The number of nitrogens with zero attached hydrogens (tertiary/aromatic N) is 2. The van der Waals surface area contributed by atoms with Crippen LogP contribution in [-0.4, -0.2) is 48.8 Å². The number of carbonyl (C=O) groups is 1. The minimum Gasteiger partial charge on any atom is -0.342 e. The Morgan fingerprint density at radius 3 is 2.70 bits per heavy atom. The quantitative estimate of drug-likeness (QED) is 0.618. The fraction of sp³-hybridized carbons (Fsp3) is 0.273. The molecule has 1 aliphatic rings. The molecule has 3 aromatic rings. The molecule has 0 aliphatic carbocycles. The number of H-pyrrole nitrogens is 1. The number of hydrogen-bond donors (Lipinski definition) is 2. The molecule has 2 aromatic carbocycles. The average Bonchev–Trinajstić information content (AvgIpc) is 3.22. The molecule has 1 aromatic heterocycles. The highest BCUT2D eigenvalue weighted by molar-refractivity contribution is 7.89. The van der Waals surface area contributed by atoms with Gasteiger partial charge in [0.15, 0.2) is 0 Å². The number of aromatic amines is 1. The number of para-hydroxylation sites is 2. The number of likely N-dealkylation sites (tertiary alicyclic amines) is 1. The van der Waals surface area contributed by atoms with Crippen LogP contribution in [0.4, 0.5) is 0 Å². The van der Waals surface area contributed by atoms with Gasteiger partial charge in [-0.05, 0) is 43.2 Å². The van der Waals surface area contributed by atoms with Gasteiger partial charge in [0.1, 0.15) is 5.82 Å².